The lowest BCUT2D eigenvalue weighted by molar-refractivity contribution is 0.112. The molecule has 0 saturated carbocycles. The van der Waals surface area contributed by atoms with Crippen LogP contribution in [0.15, 0.2) is 0 Å². The van der Waals surface area contributed by atoms with Crippen LogP contribution in [-0.2, 0) is 5.41 Å². The van der Waals surface area contributed by atoms with Gasteiger partial charge in [0.05, 0.1) is 10.6 Å². The van der Waals surface area contributed by atoms with Gasteiger partial charge in [-0.05, 0) is 12.8 Å². The standard InChI is InChI=1S/C15H26N2OS/c1-7-11(3)9-17(8-2)14-16-13(15(4,5)6)12(10-18)19-14/h10-11H,7-9H2,1-6H3. The molecule has 108 valence electrons. The van der Waals surface area contributed by atoms with Crippen LogP contribution in [0.3, 0.4) is 0 Å². The van der Waals surface area contributed by atoms with Gasteiger partial charge in [-0.1, -0.05) is 52.4 Å². The number of carbonyl (C=O) groups excluding carboxylic acids is 1. The second-order valence-electron chi connectivity index (χ2n) is 6.13. The Morgan fingerprint density at radius 3 is 2.37 bits per heavy atom. The first kappa shape index (κ1) is 16.2. The van der Waals surface area contributed by atoms with E-state index in [1.54, 1.807) is 0 Å². The molecule has 0 amide bonds. The molecule has 1 unspecified atom stereocenters. The molecular weight excluding hydrogens is 256 g/mol. The topological polar surface area (TPSA) is 33.2 Å². The molecule has 3 nitrogen and oxygen atoms in total. The Hall–Kier alpha value is -0.900. The van der Waals surface area contributed by atoms with Gasteiger partial charge in [-0.25, -0.2) is 4.98 Å². The van der Waals surface area contributed by atoms with Crippen molar-refractivity contribution in [2.24, 2.45) is 5.92 Å². The number of hydrogen-bond acceptors (Lipinski definition) is 4. The maximum absolute atomic E-state index is 11.2. The van der Waals surface area contributed by atoms with Crippen LogP contribution in [-0.4, -0.2) is 24.4 Å². The molecule has 1 aromatic heterocycles. The molecule has 1 atom stereocenters. The van der Waals surface area contributed by atoms with Gasteiger partial charge in [0.1, 0.15) is 0 Å². The lowest BCUT2D eigenvalue weighted by Crippen LogP contribution is -2.28. The molecule has 0 radical (unpaired) electrons. The number of anilines is 1. The Labute approximate surface area is 121 Å². The first-order valence-electron chi connectivity index (χ1n) is 7.04. The molecule has 4 heteroatoms. The molecule has 1 heterocycles. The number of aromatic nitrogens is 1. The van der Waals surface area contributed by atoms with Gasteiger partial charge < -0.3 is 4.90 Å². The monoisotopic (exact) mass is 282 g/mol. The normalized spacial score (nSPS) is 13.4. The molecule has 0 aliphatic carbocycles. The lowest BCUT2D eigenvalue weighted by Gasteiger charge is -2.23. The van der Waals surface area contributed by atoms with Gasteiger partial charge in [-0.15, -0.1) is 0 Å². The fourth-order valence-electron chi connectivity index (χ4n) is 1.92. The van der Waals surface area contributed by atoms with E-state index in [4.69, 9.17) is 4.98 Å². The van der Waals surface area contributed by atoms with Crippen molar-refractivity contribution < 1.29 is 4.79 Å². The summed E-state index contributed by atoms with van der Waals surface area (Å²) in [7, 11) is 0. The van der Waals surface area contributed by atoms with Gasteiger partial charge in [0, 0.05) is 18.5 Å². The summed E-state index contributed by atoms with van der Waals surface area (Å²) in [6, 6.07) is 0. The molecule has 1 rings (SSSR count). The quantitative estimate of drug-likeness (QED) is 0.736. The van der Waals surface area contributed by atoms with Crippen molar-refractivity contribution in [1.82, 2.24) is 4.98 Å². The molecule has 0 aromatic carbocycles. The van der Waals surface area contributed by atoms with E-state index in [0.717, 1.165) is 41.5 Å². The predicted molar refractivity (Wildman–Crippen MR) is 83.5 cm³/mol. The zero-order chi connectivity index (χ0) is 14.6. The van der Waals surface area contributed by atoms with Crippen LogP contribution in [0.4, 0.5) is 5.13 Å². The largest absolute Gasteiger partial charge is 0.348 e. The number of rotatable bonds is 6. The van der Waals surface area contributed by atoms with Crippen molar-refractivity contribution in [2.75, 3.05) is 18.0 Å². The van der Waals surface area contributed by atoms with Crippen molar-refractivity contribution in [2.45, 2.75) is 53.4 Å². The lowest BCUT2D eigenvalue weighted by atomic mass is 9.91. The van der Waals surface area contributed by atoms with Crippen LogP contribution in [0.2, 0.25) is 0 Å². The summed E-state index contributed by atoms with van der Waals surface area (Å²) in [6.07, 6.45) is 2.10. The van der Waals surface area contributed by atoms with Crippen LogP contribution >= 0.6 is 11.3 Å². The molecule has 0 spiro atoms. The van der Waals surface area contributed by atoms with E-state index in [-0.39, 0.29) is 5.41 Å². The van der Waals surface area contributed by atoms with E-state index in [9.17, 15) is 4.79 Å². The van der Waals surface area contributed by atoms with Crippen molar-refractivity contribution in [3.05, 3.63) is 10.6 Å². The van der Waals surface area contributed by atoms with Gasteiger partial charge >= 0.3 is 0 Å². The Balaban J connectivity index is 3.06. The Kier molecular flexibility index (Phi) is 5.53. The molecule has 19 heavy (non-hydrogen) atoms. The summed E-state index contributed by atoms with van der Waals surface area (Å²) in [6.45, 7) is 14.8. The smallest absolute Gasteiger partial charge is 0.186 e. The van der Waals surface area contributed by atoms with Crippen LogP contribution in [0.5, 0.6) is 0 Å². The van der Waals surface area contributed by atoms with Gasteiger partial charge in [-0.2, -0.15) is 0 Å². The minimum absolute atomic E-state index is 0.0826. The number of nitrogens with zero attached hydrogens (tertiary/aromatic N) is 2. The summed E-state index contributed by atoms with van der Waals surface area (Å²) in [4.78, 5) is 19.0. The highest BCUT2D eigenvalue weighted by molar-refractivity contribution is 7.17. The van der Waals surface area contributed by atoms with Crippen LogP contribution in [0.1, 0.15) is 63.3 Å². The molecule has 0 saturated heterocycles. The first-order chi connectivity index (χ1) is 8.83. The van der Waals surface area contributed by atoms with Gasteiger partial charge in [0.25, 0.3) is 0 Å². The highest BCUT2D eigenvalue weighted by Crippen LogP contribution is 2.33. The van der Waals surface area contributed by atoms with Crippen molar-refractivity contribution in [3.63, 3.8) is 0 Å². The fraction of sp³-hybridized carbons (Fsp3) is 0.733. The summed E-state index contributed by atoms with van der Waals surface area (Å²) >= 11 is 1.52. The molecule has 0 aliphatic rings. The van der Waals surface area contributed by atoms with Crippen LogP contribution < -0.4 is 4.90 Å². The fourth-order valence-corrected chi connectivity index (χ4v) is 3.08. The van der Waals surface area contributed by atoms with Crippen LogP contribution in [0, 0.1) is 5.92 Å². The average molecular weight is 282 g/mol. The molecule has 0 fully saturated rings. The van der Waals surface area contributed by atoms with Gasteiger partial charge in [-0.3, -0.25) is 4.79 Å². The SMILES string of the molecule is CCC(C)CN(CC)c1nc(C(C)(C)C)c(C=O)s1. The summed E-state index contributed by atoms with van der Waals surface area (Å²) in [5.41, 5.74) is 0.839. The van der Waals surface area contributed by atoms with E-state index < -0.39 is 0 Å². The summed E-state index contributed by atoms with van der Waals surface area (Å²) in [5, 5.41) is 0.981. The Bertz CT molecular complexity index is 420. The van der Waals surface area contributed by atoms with E-state index in [0.29, 0.717) is 5.92 Å². The highest BCUT2D eigenvalue weighted by atomic mass is 32.1. The third-order valence-corrected chi connectivity index (χ3v) is 4.38. The number of thiazole rings is 1. The third kappa shape index (κ3) is 4.03. The molecule has 1 aromatic rings. The average Bonchev–Trinajstić information content (AvgIpc) is 2.79. The zero-order valence-electron chi connectivity index (χ0n) is 13.0. The first-order valence-corrected chi connectivity index (χ1v) is 7.86. The Morgan fingerprint density at radius 1 is 1.37 bits per heavy atom. The molecule has 0 bridgehead atoms. The maximum Gasteiger partial charge on any atom is 0.186 e. The summed E-state index contributed by atoms with van der Waals surface area (Å²) < 4.78 is 0. The van der Waals surface area contributed by atoms with Crippen molar-refractivity contribution in [1.29, 1.82) is 0 Å². The van der Waals surface area contributed by atoms with E-state index >= 15 is 0 Å². The zero-order valence-corrected chi connectivity index (χ0v) is 13.8. The Morgan fingerprint density at radius 2 is 2.00 bits per heavy atom. The predicted octanol–water partition coefficient (Wildman–Crippen LogP) is 4.13. The van der Waals surface area contributed by atoms with Crippen LogP contribution in [0.25, 0.3) is 0 Å². The second kappa shape index (κ2) is 6.51. The van der Waals surface area contributed by atoms with Crippen molar-refractivity contribution >= 4 is 22.8 Å². The van der Waals surface area contributed by atoms with E-state index in [1.165, 1.54) is 11.3 Å². The van der Waals surface area contributed by atoms with Gasteiger partial charge in [0.2, 0.25) is 0 Å². The van der Waals surface area contributed by atoms with Gasteiger partial charge in [0.15, 0.2) is 11.4 Å². The molecule has 0 N–H and O–H groups in total. The number of hydrogen-bond donors (Lipinski definition) is 0. The third-order valence-electron chi connectivity index (χ3n) is 3.34. The minimum Gasteiger partial charge on any atom is -0.348 e. The maximum atomic E-state index is 11.2. The minimum atomic E-state index is -0.0826. The number of aldehydes is 1. The molecule has 0 aliphatic heterocycles. The van der Waals surface area contributed by atoms with E-state index in [2.05, 4.69) is 46.4 Å². The summed E-state index contributed by atoms with van der Waals surface area (Å²) in [5.74, 6) is 0.640. The van der Waals surface area contributed by atoms with E-state index in [1.807, 2.05) is 0 Å². The van der Waals surface area contributed by atoms with Crippen molar-refractivity contribution in [3.8, 4) is 0 Å². The molecular formula is C15H26N2OS. The highest BCUT2D eigenvalue weighted by Gasteiger charge is 2.24. The number of carbonyl (C=O) groups is 1. The second-order valence-corrected chi connectivity index (χ2v) is 7.14.